The molecule has 0 aromatic carbocycles. The van der Waals surface area contributed by atoms with Crippen LogP contribution in [0.25, 0.3) is 0 Å². The van der Waals surface area contributed by atoms with E-state index in [4.69, 9.17) is 5.11 Å². The molecular weight excluding hydrogens is 176 g/mol. The van der Waals surface area contributed by atoms with Crippen LogP contribution < -0.4 is 0 Å². The number of rotatable bonds is 8. The van der Waals surface area contributed by atoms with Gasteiger partial charge in [0.25, 0.3) is 0 Å². The van der Waals surface area contributed by atoms with Crippen LogP contribution in [0.3, 0.4) is 0 Å². The molecule has 0 aromatic heterocycles. The van der Waals surface area contributed by atoms with E-state index in [-0.39, 0.29) is 6.42 Å². The van der Waals surface area contributed by atoms with E-state index >= 15 is 0 Å². The Balaban J connectivity index is 3.28. The van der Waals surface area contributed by atoms with Gasteiger partial charge < -0.3 is 5.11 Å². The predicted molar refractivity (Wildman–Crippen MR) is 58.3 cm³/mol. The number of allylic oxidation sites excluding steroid dienone is 1. The summed E-state index contributed by atoms with van der Waals surface area (Å²) in [5, 5.41) is 8.36. The van der Waals surface area contributed by atoms with E-state index in [1.807, 2.05) is 6.08 Å². The van der Waals surface area contributed by atoms with Crippen LogP contribution in [0.1, 0.15) is 51.9 Å². The minimum atomic E-state index is -0.744. The van der Waals surface area contributed by atoms with Gasteiger partial charge in [0, 0.05) is 6.42 Å². The quantitative estimate of drug-likeness (QED) is 0.476. The summed E-state index contributed by atoms with van der Waals surface area (Å²) in [7, 11) is 0. The van der Waals surface area contributed by atoms with Gasteiger partial charge in [-0.2, -0.15) is 0 Å². The Labute approximate surface area is 86.3 Å². The fourth-order valence-electron chi connectivity index (χ4n) is 1.12. The molecule has 0 saturated carbocycles. The summed E-state index contributed by atoms with van der Waals surface area (Å²) in [4.78, 5) is 10.1. The molecule has 0 aliphatic rings. The van der Waals surface area contributed by atoms with Crippen molar-refractivity contribution >= 4 is 5.97 Å². The summed E-state index contributed by atoms with van der Waals surface area (Å²) in [6.07, 6.45) is 10.7. The summed E-state index contributed by atoms with van der Waals surface area (Å²) in [6.45, 7) is 2.20. The third-order valence-corrected chi connectivity index (χ3v) is 1.94. The van der Waals surface area contributed by atoms with Gasteiger partial charge in [0.15, 0.2) is 0 Å². The molecule has 0 fully saturated rings. The van der Waals surface area contributed by atoms with Crippen LogP contribution in [-0.4, -0.2) is 11.1 Å². The highest BCUT2D eigenvalue weighted by molar-refractivity contribution is 5.66. The first-order valence-electron chi connectivity index (χ1n) is 5.38. The van der Waals surface area contributed by atoms with Crippen molar-refractivity contribution in [1.82, 2.24) is 0 Å². The first kappa shape index (κ1) is 13.0. The monoisotopic (exact) mass is 196 g/mol. The van der Waals surface area contributed by atoms with E-state index in [2.05, 4.69) is 12.7 Å². The van der Waals surface area contributed by atoms with Crippen LogP contribution in [0.2, 0.25) is 0 Å². The number of carbonyl (C=O) groups is 1. The lowest BCUT2D eigenvalue weighted by Gasteiger charge is -1.92. The summed E-state index contributed by atoms with van der Waals surface area (Å²) < 4.78 is 0. The van der Waals surface area contributed by atoms with Crippen molar-refractivity contribution in [1.29, 1.82) is 0 Å². The molecule has 0 aliphatic carbocycles. The smallest absolute Gasteiger partial charge is 0.303 e. The predicted octanol–water partition coefficient (Wildman–Crippen LogP) is 3.53. The van der Waals surface area contributed by atoms with E-state index in [0.717, 1.165) is 6.42 Å². The number of aliphatic carboxylic acids is 1. The standard InChI is InChI=1S/C12H20O2/c1-2-3-4-5-6-7-8-9-10-11-12(13)14/h7,9H,2-6,10-11H2,1H3,(H,13,14). The largest absolute Gasteiger partial charge is 0.481 e. The molecule has 1 N–H and O–H groups in total. The zero-order chi connectivity index (χ0) is 10.6. The summed E-state index contributed by atoms with van der Waals surface area (Å²) in [6, 6.07) is 0. The van der Waals surface area contributed by atoms with Crippen LogP contribution in [0, 0.1) is 0 Å². The maximum Gasteiger partial charge on any atom is 0.303 e. The fourth-order valence-corrected chi connectivity index (χ4v) is 1.12. The lowest BCUT2D eigenvalue weighted by molar-refractivity contribution is -0.136. The number of hydrogen-bond donors (Lipinski definition) is 1. The van der Waals surface area contributed by atoms with Crippen molar-refractivity contribution in [2.75, 3.05) is 0 Å². The molecule has 0 radical (unpaired) electrons. The molecule has 0 rings (SSSR count). The zero-order valence-corrected chi connectivity index (χ0v) is 8.96. The van der Waals surface area contributed by atoms with Crippen molar-refractivity contribution in [2.45, 2.75) is 51.9 Å². The summed E-state index contributed by atoms with van der Waals surface area (Å²) in [5.41, 5.74) is 3.00. The molecule has 0 aliphatic heterocycles. The number of carboxylic acid groups (broad SMARTS) is 1. The van der Waals surface area contributed by atoms with Crippen LogP contribution in [0.15, 0.2) is 17.9 Å². The third kappa shape index (κ3) is 11.0. The zero-order valence-electron chi connectivity index (χ0n) is 8.96. The first-order chi connectivity index (χ1) is 6.77. The van der Waals surface area contributed by atoms with Crippen LogP contribution >= 0.6 is 0 Å². The molecule has 14 heavy (non-hydrogen) atoms. The maximum atomic E-state index is 10.1. The van der Waals surface area contributed by atoms with Gasteiger partial charge in [0.05, 0.1) is 0 Å². The highest BCUT2D eigenvalue weighted by Gasteiger charge is 1.90. The highest BCUT2D eigenvalue weighted by atomic mass is 16.4. The van der Waals surface area contributed by atoms with Crippen LogP contribution in [0.4, 0.5) is 0 Å². The van der Waals surface area contributed by atoms with Crippen molar-refractivity contribution in [3.05, 3.63) is 17.9 Å². The molecule has 80 valence electrons. The molecule has 0 saturated heterocycles. The Hall–Kier alpha value is -1.01. The maximum absolute atomic E-state index is 10.1. The molecule has 0 bridgehead atoms. The second-order valence-corrected chi connectivity index (χ2v) is 3.36. The summed E-state index contributed by atoms with van der Waals surface area (Å²) >= 11 is 0. The van der Waals surface area contributed by atoms with E-state index in [0.29, 0.717) is 6.42 Å². The molecule has 0 aromatic rings. The Morgan fingerprint density at radius 1 is 1.21 bits per heavy atom. The normalized spacial score (nSPS) is 9.21. The first-order valence-corrected chi connectivity index (χ1v) is 5.38. The number of hydrogen-bond acceptors (Lipinski definition) is 1. The Morgan fingerprint density at radius 2 is 1.93 bits per heavy atom. The van der Waals surface area contributed by atoms with E-state index in [1.165, 1.54) is 25.7 Å². The topological polar surface area (TPSA) is 37.3 Å². The minimum absolute atomic E-state index is 0.205. The SMILES string of the molecule is CCCCCCC=C=CCCC(=O)O. The molecule has 2 heteroatoms. The van der Waals surface area contributed by atoms with Crippen LogP contribution in [0.5, 0.6) is 0 Å². The molecular formula is C12H20O2. The Bertz CT molecular complexity index is 200. The van der Waals surface area contributed by atoms with E-state index < -0.39 is 5.97 Å². The van der Waals surface area contributed by atoms with Gasteiger partial charge in [0.1, 0.15) is 0 Å². The van der Waals surface area contributed by atoms with Gasteiger partial charge in [0.2, 0.25) is 0 Å². The van der Waals surface area contributed by atoms with Gasteiger partial charge in [-0.15, -0.1) is 5.73 Å². The molecule has 0 atom stereocenters. The average Bonchev–Trinajstić information content (AvgIpc) is 2.15. The second-order valence-electron chi connectivity index (χ2n) is 3.36. The fraction of sp³-hybridized carbons (Fsp3) is 0.667. The molecule has 0 heterocycles. The van der Waals surface area contributed by atoms with Crippen molar-refractivity contribution in [2.24, 2.45) is 0 Å². The second kappa shape index (κ2) is 10.1. The van der Waals surface area contributed by atoms with E-state index in [9.17, 15) is 4.79 Å². The number of unbranched alkanes of at least 4 members (excludes halogenated alkanes) is 4. The van der Waals surface area contributed by atoms with Crippen LogP contribution in [-0.2, 0) is 4.79 Å². The van der Waals surface area contributed by atoms with Gasteiger partial charge in [-0.1, -0.05) is 26.2 Å². The highest BCUT2D eigenvalue weighted by Crippen LogP contribution is 2.02. The van der Waals surface area contributed by atoms with Crippen molar-refractivity contribution < 1.29 is 9.90 Å². The van der Waals surface area contributed by atoms with E-state index in [1.54, 1.807) is 6.08 Å². The Morgan fingerprint density at radius 3 is 2.57 bits per heavy atom. The summed E-state index contributed by atoms with van der Waals surface area (Å²) in [5.74, 6) is -0.744. The number of carboxylic acids is 1. The molecule has 0 unspecified atom stereocenters. The van der Waals surface area contributed by atoms with Gasteiger partial charge >= 0.3 is 5.97 Å². The van der Waals surface area contributed by atoms with Crippen molar-refractivity contribution in [3.63, 3.8) is 0 Å². The molecule has 0 amide bonds. The average molecular weight is 196 g/mol. The molecule has 0 spiro atoms. The van der Waals surface area contributed by atoms with Gasteiger partial charge in [-0.05, 0) is 31.4 Å². The van der Waals surface area contributed by atoms with Gasteiger partial charge in [-0.25, -0.2) is 0 Å². The third-order valence-electron chi connectivity index (χ3n) is 1.94. The van der Waals surface area contributed by atoms with Crippen molar-refractivity contribution in [3.8, 4) is 0 Å². The lowest BCUT2D eigenvalue weighted by atomic mass is 10.1. The lowest BCUT2D eigenvalue weighted by Crippen LogP contribution is -1.91. The minimum Gasteiger partial charge on any atom is -0.481 e. The molecule has 2 nitrogen and oxygen atoms in total. The van der Waals surface area contributed by atoms with Gasteiger partial charge in [-0.3, -0.25) is 4.79 Å². The Kier molecular flexibility index (Phi) is 9.35.